The summed E-state index contributed by atoms with van der Waals surface area (Å²) in [6, 6.07) is 27.4. The first-order valence-corrected chi connectivity index (χ1v) is 15.4. The van der Waals surface area contributed by atoms with Gasteiger partial charge in [0.15, 0.2) is 23.1 Å². The molecule has 0 saturated heterocycles. The van der Waals surface area contributed by atoms with Crippen LogP contribution >= 0.6 is 15.9 Å². The van der Waals surface area contributed by atoms with Crippen molar-refractivity contribution in [2.24, 2.45) is 10.1 Å². The van der Waals surface area contributed by atoms with Crippen LogP contribution in [0, 0.1) is 0 Å². The molecule has 0 aromatic heterocycles. The molecule has 2 N–H and O–H groups in total. The minimum Gasteiger partial charge on any atom is -0.494 e. The highest BCUT2D eigenvalue weighted by atomic mass is 79.9. The molecule has 12 heteroatoms. The Morgan fingerprint density at radius 2 is 1.85 bits per heavy atom. The fourth-order valence-electron chi connectivity index (χ4n) is 5.40. The second-order valence-corrected chi connectivity index (χ2v) is 11.6. The third-order valence-electron chi connectivity index (χ3n) is 7.70. The number of aliphatic hydroxyl groups is 1. The summed E-state index contributed by atoms with van der Waals surface area (Å²) in [4.78, 5) is 22.6. The van der Waals surface area contributed by atoms with Gasteiger partial charge < -0.3 is 29.4 Å². The van der Waals surface area contributed by atoms with Gasteiger partial charge >= 0.3 is 0 Å². The summed E-state index contributed by atoms with van der Waals surface area (Å²) in [7, 11) is 0. The van der Waals surface area contributed by atoms with E-state index in [1.807, 2.05) is 66.7 Å². The lowest BCUT2D eigenvalue weighted by Gasteiger charge is -2.31. The average Bonchev–Trinajstić information content (AvgIpc) is 3.71. The topological polar surface area (TPSA) is 147 Å². The molecule has 0 spiro atoms. The second kappa shape index (κ2) is 13.9. The van der Waals surface area contributed by atoms with Crippen LogP contribution < -0.4 is 19.5 Å². The maximum atomic E-state index is 14.6. The zero-order valence-corrected chi connectivity index (χ0v) is 26.2. The average molecular weight is 685 g/mol. The first-order valence-electron chi connectivity index (χ1n) is 14.6. The number of aliphatic hydroxyl groups excluding tert-OH is 1. The van der Waals surface area contributed by atoms with Crippen molar-refractivity contribution in [1.29, 1.82) is 0 Å². The van der Waals surface area contributed by atoms with Gasteiger partial charge in [-0.1, -0.05) is 63.5 Å². The molecule has 0 fully saturated rings. The summed E-state index contributed by atoms with van der Waals surface area (Å²) in [5, 5.41) is 16.1. The van der Waals surface area contributed by atoms with Crippen LogP contribution in [-0.4, -0.2) is 42.5 Å². The summed E-state index contributed by atoms with van der Waals surface area (Å²) in [6.45, 7) is 0.781. The molecule has 0 radical (unpaired) electrons. The molecule has 0 unspecified atom stereocenters. The minimum absolute atomic E-state index is 0.0434. The van der Waals surface area contributed by atoms with Crippen molar-refractivity contribution in [3.63, 3.8) is 0 Å². The van der Waals surface area contributed by atoms with Crippen LogP contribution in [0.4, 0.5) is 5.69 Å². The van der Waals surface area contributed by atoms with Gasteiger partial charge in [-0.3, -0.25) is 4.79 Å². The van der Waals surface area contributed by atoms with E-state index in [0.29, 0.717) is 47.1 Å². The van der Waals surface area contributed by atoms with Gasteiger partial charge in [0.25, 0.3) is 5.91 Å². The van der Waals surface area contributed by atoms with Crippen LogP contribution in [0.15, 0.2) is 106 Å². The Morgan fingerprint density at radius 1 is 1.07 bits per heavy atom. The lowest BCUT2D eigenvalue weighted by Crippen LogP contribution is -2.49. The van der Waals surface area contributed by atoms with E-state index in [1.54, 1.807) is 24.3 Å². The van der Waals surface area contributed by atoms with Gasteiger partial charge in [-0.2, -0.15) is 0 Å². The highest BCUT2D eigenvalue weighted by molar-refractivity contribution is 9.10. The predicted octanol–water partition coefficient (Wildman–Crippen LogP) is 6.70. The van der Waals surface area contributed by atoms with Gasteiger partial charge in [0, 0.05) is 46.6 Å². The number of hydrogen-bond acceptors (Lipinski definition) is 8. The summed E-state index contributed by atoms with van der Waals surface area (Å²) < 4.78 is 24.1. The molecule has 2 aliphatic rings. The molecule has 4 aromatic rings. The van der Waals surface area contributed by atoms with Gasteiger partial charge in [0.2, 0.25) is 12.7 Å². The molecule has 0 bridgehead atoms. The number of carbonyl (C=O) groups excluding carboxylic acids is 1. The molecule has 1 amide bonds. The normalized spacial score (nSPS) is 17.9. The Morgan fingerprint density at radius 3 is 2.63 bits per heavy atom. The van der Waals surface area contributed by atoms with E-state index >= 15 is 0 Å². The van der Waals surface area contributed by atoms with Crippen LogP contribution in [0.2, 0.25) is 0 Å². The predicted molar refractivity (Wildman–Crippen MR) is 174 cm³/mol. The summed E-state index contributed by atoms with van der Waals surface area (Å²) in [6.07, 6.45) is -0.220. The van der Waals surface area contributed by atoms with E-state index in [9.17, 15) is 10.3 Å². The van der Waals surface area contributed by atoms with E-state index in [1.165, 1.54) is 0 Å². The number of amides is 1. The third kappa shape index (κ3) is 6.64. The van der Waals surface area contributed by atoms with Crippen molar-refractivity contribution in [1.82, 2.24) is 5.32 Å². The van der Waals surface area contributed by atoms with Gasteiger partial charge in [-0.05, 0) is 70.8 Å². The smallest absolute Gasteiger partial charge is 0.252 e. The molecule has 2 heterocycles. The molecule has 2 aliphatic heterocycles. The number of halogens is 1. The molecule has 11 nitrogen and oxygen atoms in total. The maximum Gasteiger partial charge on any atom is 0.252 e. The molecule has 234 valence electrons. The van der Waals surface area contributed by atoms with Crippen LogP contribution in [0.3, 0.4) is 0 Å². The Kier molecular flexibility index (Phi) is 9.39. The quantitative estimate of drug-likeness (QED) is 0.0735. The Balaban J connectivity index is 1.41. The van der Waals surface area contributed by atoms with Crippen LogP contribution in [0.1, 0.15) is 34.8 Å². The van der Waals surface area contributed by atoms with Crippen molar-refractivity contribution in [3.8, 4) is 17.2 Å². The SMILES string of the molecule is [N-]=[N+]=Nc1ccccc1C[C@@]1(C(=O)NCc2ccc3c(c2)OCO3)N=C(c2ccc(OCCCO)cc2)O[C@@H]1c1ccc(Br)cc1. The molecule has 46 heavy (non-hydrogen) atoms. The van der Waals surface area contributed by atoms with Crippen LogP contribution in [0.5, 0.6) is 17.2 Å². The first-order chi connectivity index (χ1) is 22.5. The molecule has 0 aliphatic carbocycles. The number of nitrogens with one attached hydrogen (secondary N) is 1. The number of rotatable bonds is 12. The molecule has 0 saturated carbocycles. The van der Waals surface area contributed by atoms with Gasteiger partial charge in [0.05, 0.1) is 6.61 Å². The fraction of sp³-hybridized carbons (Fsp3) is 0.235. The fourth-order valence-corrected chi connectivity index (χ4v) is 5.67. The zero-order valence-electron chi connectivity index (χ0n) is 24.6. The van der Waals surface area contributed by atoms with Crippen molar-refractivity contribution in [2.75, 3.05) is 20.0 Å². The summed E-state index contributed by atoms with van der Waals surface area (Å²) in [5.74, 6) is 1.82. The van der Waals surface area contributed by atoms with Crippen molar-refractivity contribution < 1.29 is 28.8 Å². The number of fused-ring (bicyclic) bond motifs is 1. The monoisotopic (exact) mass is 683 g/mol. The van der Waals surface area contributed by atoms with E-state index in [0.717, 1.165) is 15.6 Å². The lowest BCUT2D eigenvalue weighted by molar-refractivity contribution is -0.129. The highest BCUT2D eigenvalue weighted by Crippen LogP contribution is 2.44. The summed E-state index contributed by atoms with van der Waals surface area (Å²) >= 11 is 3.50. The largest absolute Gasteiger partial charge is 0.494 e. The van der Waals surface area contributed by atoms with E-state index < -0.39 is 11.6 Å². The van der Waals surface area contributed by atoms with Crippen LogP contribution in [-0.2, 0) is 22.5 Å². The Hall–Kier alpha value is -5.03. The molecular formula is C34H30BrN5O6. The highest BCUT2D eigenvalue weighted by Gasteiger charge is 2.53. The Bertz CT molecular complexity index is 1790. The van der Waals surface area contributed by atoms with Gasteiger partial charge in [0.1, 0.15) is 5.75 Å². The number of benzene rings is 4. The lowest BCUT2D eigenvalue weighted by atomic mass is 9.81. The standard InChI is InChI=1S/C34H30BrN5O6/c35-26-11-7-23(8-12-26)31-34(19-25-4-1-2-5-28(25)39-40-36,33(42)37-20-22-6-15-29-30(18-22)45-21-44-29)38-32(46-31)24-9-13-27(14-10-24)43-17-3-16-41/h1-2,4-15,18,31,41H,3,16-17,19-21H2,(H,37,42)/t31-,34-/m1/s1. The van der Waals surface area contributed by atoms with Crippen molar-refractivity contribution in [2.45, 2.75) is 31.0 Å². The number of carbonyl (C=O) groups is 1. The van der Waals surface area contributed by atoms with E-state index in [-0.39, 0.29) is 38.2 Å². The maximum absolute atomic E-state index is 14.6. The number of azide groups is 1. The van der Waals surface area contributed by atoms with Crippen LogP contribution in [0.25, 0.3) is 10.4 Å². The second-order valence-electron chi connectivity index (χ2n) is 10.7. The van der Waals surface area contributed by atoms with Crippen molar-refractivity contribution in [3.05, 3.63) is 128 Å². The third-order valence-corrected chi connectivity index (χ3v) is 8.23. The van der Waals surface area contributed by atoms with E-state index in [4.69, 9.17) is 29.0 Å². The number of ether oxygens (including phenoxy) is 4. The first kappa shape index (κ1) is 31.0. The van der Waals surface area contributed by atoms with Crippen molar-refractivity contribution >= 4 is 33.4 Å². The number of hydrogen-bond donors (Lipinski definition) is 2. The van der Waals surface area contributed by atoms with Gasteiger partial charge in [-0.25, -0.2) is 4.99 Å². The molecule has 4 aromatic carbocycles. The zero-order chi connectivity index (χ0) is 31.9. The van der Waals surface area contributed by atoms with E-state index in [2.05, 4.69) is 31.3 Å². The summed E-state index contributed by atoms with van der Waals surface area (Å²) in [5.41, 5.74) is 11.0. The number of nitrogens with zero attached hydrogens (tertiary/aromatic N) is 4. The molecular weight excluding hydrogens is 654 g/mol. The molecule has 6 rings (SSSR count). The minimum atomic E-state index is -1.49. The number of aliphatic imine (C=N–C) groups is 1. The van der Waals surface area contributed by atoms with Gasteiger partial charge in [-0.15, -0.1) is 0 Å². The Labute approximate surface area is 273 Å². The molecule has 2 atom stereocenters.